The predicted molar refractivity (Wildman–Crippen MR) is 90.6 cm³/mol. The summed E-state index contributed by atoms with van der Waals surface area (Å²) in [5.41, 5.74) is 3.20. The fraction of sp³-hybridized carbons (Fsp3) is 0.294. The van der Waals surface area contributed by atoms with E-state index in [4.69, 9.17) is 0 Å². The standard InChI is InChI=1S/C12H15N3S.C5H5N/c1-2-3-4-7-11-12(15-16-14-11)10-6-5-8-13-9-10;1-2-4-6-5-3-1/h5-6,8-9H,2-4,7H2,1H3;1-5H. The van der Waals surface area contributed by atoms with Gasteiger partial charge in [0.2, 0.25) is 0 Å². The van der Waals surface area contributed by atoms with Crippen LogP contribution in [0.15, 0.2) is 55.1 Å². The Bertz CT molecular complexity index is 599. The number of nitrogens with zero attached hydrogens (tertiary/aromatic N) is 4. The molecule has 0 fully saturated rings. The molecule has 0 bridgehead atoms. The molecule has 0 atom stereocenters. The van der Waals surface area contributed by atoms with Crippen LogP contribution < -0.4 is 0 Å². The van der Waals surface area contributed by atoms with Crippen LogP contribution >= 0.6 is 11.7 Å². The van der Waals surface area contributed by atoms with Crippen molar-refractivity contribution in [3.05, 3.63) is 60.8 Å². The zero-order valence-electron chi connectivity index (χ0n) is 12.7. The average Bonchev–Trinajstić information content (AvgIpc) is 3.07. The van der Waals surface area contributed by atoms with E-state index in [1.807, 2.05) is 36.5 Å². The number of pyridine rings is 2. The predicted octanol–water partition coefficient (Wildman–Crippen LogP) is 4.41. The lowest BCUT2D eigenvalue weighted by Gasteiger charge is -2.00. The molecule has 3 aromatic rings. The van der Waals surface area contributed by atoms with E-state index in [9.17, 15) is 0 Å². The maximum absolute atomic E-state index is 4.37. The van der Waals surface area contributed by atoms with Crippen molar-refractivity contribution in [2.75, 3.05) is 0 Å². The molecule has 0 aliphatic heterocycles. The van der Waals surface area contributed by atoms with E-state index in [2.05, 4.69) is 25.6 Å². The molecular formula is C17H20N4S. The molecule has 0 spiro atoms. The van der Waals surface area contributed by atoms with Crippen molar-refractivity contribution in [1.29, 1.82) is 0 Å². The summed E-state index contributed by atoms with van der Waals surface area (Å²) in [6, 6.07) is 9.69. The average molecular weight is 312 g/mol. The summed E-state index contributed by atoms with van der Waals surface area (Å²) in [6.07, 6.45) is 11.8. The lowest BCUT2D eigenvalue weighted by Crippen LogP contribution is -1.90. The van der Waals surface area contributed by atoms with E-state index in [1.54, 1.807) is 18.6 Å². The maximum atomic E-state index is 4.37. The van der Waals surface area contributed by atoms with E-state index in [0.29, 0.717) is 0 Å². The quantitative estimate of drug-likeness (QED) is 0.655. The second-order valence-electron chi connectivity index (χ2n) is 4.78. The van der Waals surface area contributed by atoms with Crippen molar-refractivity contribution in [2.24, 2.45) is 0 Å². The Labute approximate surface area is 135 Å². The molecule has 0 amide bonds. The SMILES string of the molecule is CCCCCc1nsnc1-c1cccnc1.c1ccncc1. The minimum atomic E-state index is 1.01. The van der Waals surface area contributed by atoms with Crippen molar-refractivity contribution >= 4 is 11.7 Å². The molecule has 3 aromatic heterocycles. The molecule has 0 aliphatic carbocycles. The lowest BCUT2D eigenvalue weighted by molar-refractivity contribution is 0.711. The van der Waals surface area contributed by atoms with Crippen molar-refractivity contribution in [2.45, 2.75) is 32.6 Å². The summed E-state index contributed by atoms with van der Waals surface area (Å²) in [7, 11) is 0. The van der Waals surface area contributed by atoms with Gasteiger partial charge in [0, 0.05) is 30.4 Å². The van der Waals surface area contributed by atoms with Crippen molar-refractivity contribution in [3.8, 4) is 11.3 Å². The largest absolute Gasteiger partial charge is 0.265 e. The third kappa shape index (κ3) is 5.33. The van der Waals surface area contributed by atoms with Crippen molar-refractivity contribution in [1.82, 2.24) is 18.7 Å². The highest BCUT2D eigenvalue weighted by atomic mass is 32.1. The molecule has 114 valence electrons. The Morgan fingerprint density at radius 1 is 0.909 bits per heavy atom. The van der Waals surface area contributed by atoms with Gasteiger partial charge in [-0.05, 0) is 37.1 Å². The van der Waals surface area contributed by atoms with Crippen LogP contribution in [0.25, 0.3) is 11.3 Å². The molecule has 0 aliphatic rings. The maximum Gasteiger partial charge on any atom is 0.109 e. The number of unbranched alkanes of at least 4 members (excludes halogenated alkanes) is 2. The molecule has 5 heteroatoms. The first-order valence-corrected chi connectivity index (χ1v) is 8.21. The van der Waals surface area contributed by atoms with Gasteiger partial charge >= 0.3 is 0 Å². The van der Waals surface area contributed by atoms with Gasteiger partial charge in [0.1, 0.15) is 5.69 Å². The Morgan fingerprint density at radius 3 is 2.32 bits per heavy atom. The van der Waals surface area contributed by atoms with Crippen molar-refractivity contribution < 1.29 is 0 Å². The summed E-state index contributed by atoms with van der Waals surface area (Å²) in [5, 5.41) is 0. The summed E-state index contributed by atoms with van der Waals surface area (Å²) < 4.78 is 8.72. The van der Waals surface area contributed by atoms with Gasteiger partial charge in [0.15, 0.2) is 0 Å². The van der Waals surface area contributed by atoms with E-state index in [1.165, 1.54) is 31.0 Å². The minimum Gasteiger partial charge on any atom is -0.265 e. The molecule has 0 saturated carbocycles. The zero-order chi connectivity index (χ0) is 15.5. The monoisotopic (exact) mass is 312 g/mol. The first kappa shape index (κ1) is 16.2. The fourth-order valence-electron chi connectivity index (χ4n) is 1.95. The fourth-order valence-corrected chi connectivity index (χ4v) is 2.56. The van der Waals surface area contributed by atoms with Gasteiger partial charge in [-0.2, -0.15) is 8.75 Å². The second kappa shape index (κ2) is 9.73. The normalized spacial score (nSPS) is 9.86. The minimum absolute atomic E-state index is 1.01. The molecule has 0 N–H and O–H groups in total. The Kier molecular flexibility index (Phi) is 7.18. The number of hydrogen-bond donors (Lipinski definition) is 0. The summed E-state index contributed by atoms with van der Waals surface area (Å²) in [5.74, 6) is 0. The topological polar surface area (TPSA) is 51.6 Å². The van der Waals surface area contributed by atoms with Crippen LogP contribution in [0.4, 0.5) is 0 Å². The molecule has 3 heterocycles. The van der Waals surface area contributed by atoms with Gasteiger partial charge < -0.3 is 0 Å². The van der Waals surface area contributed by atoms with E-state index >= 15 is 0 Å². The molecule has 4 nitrogen and oxygen atoms in total. The number of rotatable bonds is 5. The molecule has 0 aromatic carbocycles. The van der Waals surface area contributed by atoms with Gasteiger partial charge in [-0.1, -0.05) is 25.8 Å². The van der Waals surface area contributed by atoms with Crippen LogP contribution in [0.2, 0.25) is 0 Å². The molecule has 3 rings (SSSR count). The summed E-state index contributed by atoms with van der Waals surface area (Å²) in [4.78, 5) is 7.90. The summed E-state index contributed by atoms with van der Waals surface area (Å²) >= 11 is 1.29. The number of aromatic nitrogens is 4. The van der Waals surface area contributed by atoms with E-state index in [0.717, 1.165) is 23.4 Å². The van der Waals surface area contributed by atoms with Gasteiger partial charge in [-0.25, -0.2) is 0 Å². The van der Waals surface area contributed by atoms with E-state index in [-0.39, 0.29) is 0 Å². The molecule has 0 unspecified atom stereocenters. The van der Waals surface area contributed by atoms with Gasteiger partial charge in [0.25, 0.3) is 0 Å². The molecule has 22 heavy (non-hydrogen) atoms. The third-order valence-electron chi connectivity index (χ3n) is 3.08. The van der Waals surface area contributed by atoms with Crippen LogP contribution in [-0.4, -0.2) is 18.7 Å². The van der Waals surface area contributed by atoms with Crippen LogP contribution in [0, 0.1) is 0 Å². The molecule has 0 saturated heterocycles. The second-order valence-corrected chi connectivity index (χ2v) is 5.31. The van der Waals surface area contributed by atoms with Gasteiger partial charge in [-0.15, -0.1) is 0 Å². The zero-order valence-corrected chi connectivity index (χ0v) is 13.5. The Hall–Kier alpha value is -2.14. The Morgan fingerprint density at radius 2 is 1.73 bits per heavy atom. The smallest absolute Gasteiger partial charge is 0.109 e. The van der Waals surface area contributed by atoms with Crippen LogP contribution in [0.5, 0.6) is 0 Å². The highest BCUT2D eigenvalue weighted by Crippen LogP contribution is 2.22. The van der Waals surface area contributed by atoms with Crippen LogP contribution in [-0.2, 0) is 6.42 Å². The Balaban J connectivity index is 0.000000246. The van der Waals surface area contributed by atoms with Crippen LogP contribution in [0.1, 0.15) is 31.9 Å². The van der Waals surface area contributed by atoms with Crippen molar-refractivity contribution in [3.63, 3.8) is 0 Å². The molecule has 0 radical (unpaired) electrons. The van der Waals surface area contributed by atoms with Gasteiger partial charge in [-0.3, -0.25) is 9.97 Å². The van der Waals surface area contributed by atoms with E-state index < -0.39 is 0 Å². The third-order valence-corrected chi connectivity index (χ3v) is 3.64. The first-order chi connectivity index (χ1) is 10.9. The highest BCUT2D eigenvalue weighted by Gasteiger charge is 2.09. The first-order valence-electron chi connectivity index (χ1n) is 7.48. The molecular weight excluding hydrogens is 292 g/mol. The summed E-state index contributed by atoms with van der Waals surface area (Å²) in [6.45, 7) is 2.21. The number of aryl methyl sites for hydroxylation is 1. The van der Waals surface area contributed by atoms with Gasteiger partial charge in [0.05, 0.1) is 17.4 Å². The number of hydrogen-bond acceptors (Lipinski definition) is 5. The van der Waals surface area contributed by atoms with Crippen LogP contribution in [0.3, 0.4) is 0 Å². The lowest BCUT2D eigenvalue weighted by atomic mass is 10.1. The highest BCUT2D eigenvalue weighted by molar-refractivity contribution is 6.99.